The van der Waals surface area contributed by atoms with Crippen LogP contribution in [-0.4, -0.2) is 17.0 Å². The topological polar surface area (TPSA) is 51.2 Å². The maximum atomic E-state index is 12.2. The molecule has 1 aliphatic carbocycles. The molecule has 0 unspecified atom stereocenters. The Bertz CT molecular complexity index is 565. The summed E-state index contributed by atoms with van der Waals surface area (Å²) in [5.74, 6) is 0.478. The summed E-state index contributed by atoms with van der Waals surface area (Å²) >= 11 is 1.40. The van der Waals surface area contributed by atoms with E-state index < -0.39 is 0 Å². The van der Waals surface area contributed by atoms with Gasteiger partial charge in [0, 0.05) is 11.6 Å². The van der Waals surface area contributed by atoms with E-state index in [0.29, 0.717) is 16.4 Å². The van der Waals surface area contributed by atoms with Gasteiger partial charge >= 0.3 is 0 Å². The Labute approximate surface area is 115 Å². The third-order valence-corrected chi connectivity index (χ3v) is 3.82. The summed E-state index contributed by atoms with van der Waals surface area (Å²) in [5, 5.41) is 5.20. The fourth-order valence-electron chi connectivity index (χ4n) is 1.87. The molecule has 3 rings (SSSR count). The lowest BCUT2D eigenvalue weighted by Gasteiger charge is -2.27. The highest BCUT2D eigenvalue weighted by molar-refractivity contribution is 7.13. The predicted octanol–water partition coefficient (Wildman–Crippen LogP) is 3.33. The van der Waals surface area contributed by atoms with Crippen LogP contribution in [0.3, 0.4) is 0 Å². The summed E-state index contributed by atoms with van der Waals surface area (Å²) in [6.07, 6.45) is 5.27. The van der Waals surface area contributed by atoms with E-state index >= 15 is 0 Å². The van der Waals surface area contributed by atoms with E-state index in [-0.39, 0.29) is 12.0 Å². The molecule has 1 saturated carbocycles. The number of anilines is 1. The van der Waals surface area contributed by atoms with Crippen molar-refractivity contribution in [1.82, 2.24) is 4.98 Å². The molecule has 1 aliphatic rings. The molecule has 4 nitrogen and oxygen atoms in total. The van der Waals surface area contributed by atoms with Crippen molar-refractivity contribution in [2.45, 2.75) is 25.4 Å². The van der Waals surface area contributed by atoms with Crippen molar-refractivity contribution in [3.8, 4) is 5.75 Å². The minimum absolute atomic E-state index is 0.176. The second kappa shape index (κ2) is 5.40. The van der Waals surface area contributed by atoms with Gasteiger partial charge in [-0.05, 0) is 31.4 Å². The predicted molar refractivity (Wildman–Crippen MR) is 74.8 cm³/mol. The van der Waals surface area contributed by atoms with Crippen molar-refractivity contribution < 1.29 is 9.53 Å². The molecular weight excluding hydrogens is 260 g/mol. The van der Waals surface area contributed by atoms with Gasteiger partial charge in [-0.2, -0.15) is 0 Å². The van der Waals surface area contributed by atoms with Crippen LogP contribution >= 0.6 is 11.3 Å². The maximum absolute atomic E-state index is 12.2. The summed E-state index contributed by atoms with van der Waals surface area (Å²) in [5.41, 5.74) is 0.560. The van der Waals surface area contributed by atoms with Crippen molar-refractivity contribution in [3.63, 3.8) is 0 Å². The Kier molecular flexibility index (Phi) is 3.46. The van der Waals surface area contributed by atoms with Gasteiger partial charge in [0.25, 0.3) is 5.91 Å². The van der Waals surface area contributed by atoms with Crippen LogP contribution in [0.2, 0.25) is 0 Å². The van der Waals surface area contributed by atoms with E-state index in [2.05, 4.69) is 10.3 Å². The molecule has 0 saturated heterocycles. The third-order valence-electron chi connectivity index (χ3n) is 3.13. The fraction of sp³-hybridized carbons (Fsp3) is 0.286. The highest BCUT2D eigenvalue weighted by Crippen LogP contribution is 2.28. The first-order valence-electron chi connectivity index (χ1n) is 6.29. The molecule has 0 radical (unpaired) electrons. The van der Waals surface area contributed by atoms with Crippen molar-refractivity contribution >= 4 is 22.4 Å². The average molecular weight is 274 g/mol. The van der Waals surface area contributed by atoms with Gasteiger partial charge in [-0.3, -0.25) is 10.1 Å². The number of ether oxygens (including phenoxy) is 1. The highest BCUT2D eigenvalue weighted by atomic mass is 32.1. The summed E-state index contributed by atoms with van der Waals surface area (Å²) in [6.45, 7) is 0. The molecule has 1 N–H and O–H groups in total. The Morgan fingerprint density at radius 2 is 2.21 bits per heavy atom. The standard InChI is InChI=1S/C14H14N2O2S/c17-13(16-14-15-8-9-19-14)11-6-1-2-7-12(11)18-10-4-3-5-10/h1-2,6-10H,3-5H2,(H,15,16,17). The van der Waals surface area contributed by atoms with E-state index in [9.17, 15) is 4.79 Å². The van der Waals surface area contributed by atoms with Gasteiger partial charge in [-0.25, -0.2) is 4.98 Å². The number of thiazole rings is 1. The Balaban J connectivity index is 1.76. The van der Waals surface area contributed by atoms with Crippen LogP contribution in [-0.2, 0) is 0 Å². The number of carbonyl (C=O) groups is 1. The SMILES string of the molecule is O=C(Nc1nccs1)c1ccccc1OC1CCC1. The first-order valence-corrected chi connectivity index (χ1v) is 7.17. The number of rotatable bonds is 4. The largest absolute Gasteiger partial charge is 0.490 e. The number of carbonyl (C=O) groups excluding carboxylic acids is 1. The van der Waals surface area contributed by atoms with Gasteiger partial charge < -0.3 is 4.74 Å². The van der Waals surface area contributed by atoms with E-state index in [0.717, 1.165) is 12.8 Å². The van der Waals surface area contributed by atoms with Crippen molar-refractivity contribution in [3.05, 3.63) is 41.4 Å². The second-order valence-corrected chi connectivity index (χ2v) is 5.35. The molecule has 0 bridgehead atoms. The fourth-order valence-corrected chi connectivity index (χ4v) is 2.40. The molecule has 0 atom stereocenters. The Morgan fingerprint density at radius 1 is 1.37 bits per heavy atom. The van der Waals surface area contributed by atoms with Crippen LogP contribution in [0.15, 0.2) is 35.8 Å². The average Bonchev–Trinajstić information content (AvgIpc) is 2.87. The molecule has 1 heterocycles. The molecule has 5 heteroatoms. The molecule has 1 fully saturated rings. The molecular formula is C14H14N2O2S. The number of hydrogen-bond acceptors (Lipinski definition) is 4. The van der Waals surface area contributed by atoms with Crippen LogP contribution in [0.4, 0.5) is 5.13 Å². The van der Waals surface area contributed by atoms with E-state index in [1.54, 1.807) is 12.3 Å². The van der Waals surface area contributed by atoms with Gasteiger partial charge in [0.2, 0.25) is 0 Å². The first kappa shape index (κ1) is 12.2. The molecule has 1 aromatic carbocycles. The number of hydrogen-bond donors (Lipinski definition) is 1. The van der Waals surface area contributed by atoms with Crippen molar-refractivity contribution in [1.29, 1.82) is 0 Å². The minimum Gasteiger partial charge on any atom is -0.490 e. The summed E-state index contributed by atoms with van der Waals surface area (Å²) in [4.78, 5) is 16.2. The first-order chi connectivity index (χ1) is 9.33. The van der Waals surface area contributed by atoms with Gasteiger partial charge in [-0.15, -0.1) is 11.3 Å². The smallest absolute Gasteiger partial charge is 0.261 e. The lowest BCUT2D eigenvalue weighted by atomic mass is 9.96. The molecule has 1 aromatic heterocycles. The molecule has 98 valence electrons. The van der Waals surface area contributed by atoms with E-state index in [1.165, 1.54) is 17.8 Å². The molecule has 19 heavy (non-hydrogen) atoms. The van der Waals surface area contributed by atoms with Crippen molar-refractivity contribution in [2.75, 3.05) is 5.32 Å². The molecule has 0 spiro atoms. The molecule has 1 amide bonds. The zero-order valence-electron chi connectivity index (χ0n) is 10.3. The Hall–Kier alpha value is -1.88. The normalized spacial score (nSPS) is 14.7. The summed E-state index contributed by atoms with van der Waals surface area (Å²) < 4.78 is 5.84. The number of benzene rings is 1. The van der Waals surface area contributed by atoms with Gasteiger partial charge in [0.1, 0.15) is 5.75 Å². The number of aromatic nitrogens is 1. The van der Waals surface area contributed by atoms with Crippen LogP contribution in [0.1, 0.15) is 29.6 Å². The zero-order valence-corrected chi connectivity index (χ0v) is 11.2. The maximum Gasteiger partial charge on any atom is 0.261 e. The molecule has 2 aromatic rings. The summed E-state index contributed by atoms with van der Waals surface area (Å²) in [6, 6.07) is 7.34. The quantitative estimate of drug-likeness (QED) is 0.930. The third kappa shape index (κ3) is 2.76. The van der Waals surface area contributed by atoms with Crippen LogP contribution < -0.4 is 10.1 Å². The number of nitrogens with one attached hydrogen (secondary N) is 1. The summed E-state index contributed by atoms with van der Waals surface area (Å²) in [7, 11) is 0. The number of para-hydroxylation sites is 1. The van der Waals surface area contributed by atoms with Gasteiger partial charge in [-0.1, -0.05) is 12.1 Å². The number of nitrogens with zero attached hydrogens (tertiary/aromatic N) is 1. The monoisotopic (exact) mass is 274 g/mol. The van der Waals surface area contributed by atoms with Crippen molar-refractivity contribution in [2.24, 2.45) is 0 Å². The van der Waals surface area contributed by atoms with E-state index in [1.807, 2.05) is 23.6 Å². The Morgan fingerprint density at radius 3 is 2.89 bits per heavy atom. The van der Waals surface area contributed by atoms with E-state index in [4.69, 9.17) is 4.74 Å². The minimum atomic E-state index is -0.176. The van der Waals surface area contributed by atoms with Gasteiger partial charge in [0.15, 0.2) is 5.13 Å². The highest BCUT2D eigenvalue weighted by Gasteiger charge is 2.22. The lowest BCUT2D eigenvalue weighted by Crippen LogP contribution is -2.26. The van der Waals surface area contributed by atoms with Crippen LogP contribution in [0.25, 0.3) is 0 Å². The van der Waals surface area contributed by atoms with Crippen LogP contribution in [0, 0.1) is 0 Å². The van der Waals surface area contributed by atoms with Gasteiger partial charge in [0.05, 0.1) is 11.7 Å². The zero-order chi connectivity index (χ0) is 13.1. The van der Waals surface area contributed by atoms with Crippen LogP contribution in [0.5, 0.6) is 5.75 Å². The second-order valence-electron chi connectivity index (χ2n) is 4.46. The molecule has 0 aliphatic heterocycles. The lowest BCUT2D eigenvalue weighted by molar-refractivity contribution is 0.0992. The number of amides is 1.